The third kappa shape index (κ3) is 5.99. The van der Waals surface area contributed by atoms with Gasteiger partial charge in [0, 0.05) is 19.8 Å². The van der Waals surface area contributed by atoms with Gasteiger partial charge in [0.1, 0.15) is 5.82 Å². The molecule has 1 aliphatic heterocycles. The molecule has 2 N–H and O–H groups in total. The molecule has 1 atom stereocenters. The lowest BCUT2D eigenvalue weighted by molar-refractivity contribution is -0.139. The van der Waals surface area contributed by atoms with E-state index in [0.717, 1.165) is 36.4 Å². The minimum Gasteiger partial charge on any atom is -0.347 e. The number of allylic oxidation sites excluding steroid dienone is 1. The summed E-state index contributed by atoms with van der Waals surface area (Å²) in [5.41, 5.74) is -0.340. The van der Waals surface area contributed by atoms with Gasteiger partial charge in [0.15, 0.2) is 0 Å². The zero-order valence-corrected chi connectivity index (χ0v) is 18.0. The third-order valence-electron chi connectivity index (χ3n) is 4.59. The molecular weight excluding hydrogens is 479 g/mol. The first-order valence-electron chi connectivity index (χ1n) is 8.89. The largest absolute Gasteiger partial charge is 0.399 e. The SMILES string of the molecule is N=S1(=O)CC(NC(=O)c2ccc(/C=C/C(c3cc(Cl)cc(Cl)c3)C(F)(F)F)cc2F)C1. The van der Waals surface area contributed by atoms with Crippen LogP contribution in [0.25, 0.3) is 6.08 Å². The molecule has 1 aliphatic rings. The summed E-state index contributed by atoms with van der Waals surface area (Å²) in [5.74, 6) is -3.66. The summed E-state index contributed by atoms with van der Waals surface area (Å²) < 4.78 is 73.7. The van der Waals surface area contributed by atoms with E-state index in [-0.39, 0.29) is 38.2 Å². The van der Waals surface area contributed by atoms with Crippen LogP contribution in [0.15, 0.2) is 42.5 Å². The highest BCUT2D eigenvalue weighted by molar-refractivity contribution is 7.93. The van der Waals surface area contributed by atoms with Gasteiger partial charge in [-0.1, -0.05) is 41.4 Å². The second-order valence-corrected chi connectivity index (χ2v) is 10.3. The van der Waals surface area contributed by atoms with Gasteiger partial charge in [-0.05, 0) is 41.5 Å². The monoisotopic (exact) mass is 494 g/mol. The van der Waals surface area contributed by atoms with Crippen molar-refractivity contribution in [1.29, 1.82) is 4.78 Å². The first-order chi connectivity index (χ1) is 14.3. The normalized spacial score (nSPS) is 22.2. The molecule has 1 fully saturated rings. The molecule has 1 heterocycles. The molecule has 31 heavy (non-hydrogen) atoms. The Hall–Kier alpha value is -2.10. The molecule has 1 saturated heterocycles. The fourth-order valence-electron chi connectivity index (χ4n) is 3.14. The van der Waals surface area contributed by atoms with E-state index < -0.39 is 39.6 Å². The number of rotatable bonds is 5. The van der Waals surface area contributed by atoms with Crippen LogP contribution in [-0.2, 0) is 9.73 Å². The van der Waals surface area contributed by atoms with Gasteiger partial charge < -0.3 is 5.32 Å². The molecule has 0 radical (unpaired) electrons. The van der Waals surface area contributed by atoms with Crippen molar-refractivity contribution in [2.75, 3.05) is 11.5 Å². The second kappa shape index (κ2) is 8.80. The summed E-state index contributed by atoms with van der Waals surface area (Å²) >= 11 is 11.6. The van der Waals surface area contributed by atoms with Gasteiger partial charge >= 0.3 is 6.18 Å². The Morgan fingerprint density at radius 2 is 1.77 bits per heavy atom. The molecule has 2 aromatic rings. The predicted molar refractivity (Wildman–Crippen MR) is 113 cm³/mol. The summed E-state index contributed by atoms with van der Waals surface area (Å²) in [6, 6.07) is 6.56. The van der Waals surface area contributed by atoms with Crippen LogP contribution in [-0.4, -0.2) is 33.8 Å². The molecule has 0 aliphatic carbocycles. The molecule has 0 aromatic heterocycles. The van der Waals surface area contributed by atoms with Crippen molar-refractivity contribution in [2.45, 2.75) is 18.1 Å². The topological polar surface area (TPSA) is 70.0 Å². The summed E-state index contributed by atoms with van der Waals surface area (Å²) in [5, 5.41) is 2.59. The van der Waals surface area contributed by atoms with Gasteiger partial charge in [-0.15, -0.1) is 0 Å². The summed E-state index contributed by atoms with van der Waals surface area (Å²) in [6.45, 7) is 0. The maximum absolute atomic E-state index is 14.4. The lowest BCUT2D eigenvalue weighted by Crippen LogP contribution is -2.52. The lowest BCUT2D eigenvalue weighted by atomic mass is 9.97. The molecule has 1 unspecified atom stereocenters. The maximum Gasteiger partial charge on any atom is 0.399 e. The Labute approximate surface area is 186 Å². The molecule has 0 saturated carbocycles. The molecule has 2 aromatic carbocycles. The number of benzene rings is 2. The summed E-state index contributed by atoms with van der Waals surface area (Å²) in [7, 11) is -2.66. The number of carbonyl (C=O) groups excluding carboxylic acids is 1. The van der Waals surface area contributed by atoms with Crippen molar-refractivity contribution in [2.24, 2.45) is 0 Å². The minimum atomic E-state index is -4.64. The highest BCUT2D eigenvalue weighted by Crippen LogP contribution is 2.38. The summed E-state index contributed by atoms with van der Waals surface area (Å²) in [4.78, 5) is 12.1. The zero-order valence-electron chi connectivity index (χ0n) is 15.7. The van der Waals surface area contributed by atoms with Gasteiger partial charge in [0.05, 0.1) is 29.0 Å². The number of hydrogen-bond donors (Lipinski definition) is 2. The zero-order chi connectivity index (χ0) is 23.0. The molecule has 11 heteroatoms. The van der Waals surface area contributed by atoms with Gasteiger partial charge in [-0.3, -0.25) is 9.57 Å². The lowest BCUT2D eigenvalue weighted by Gasteiger charge is -2.29. The van der Waals surface area contributed by atoms with Crippen LogP contribution in [0.1, 0.15) is 27.4 Å². The fourth-order valence-corrected chi connectivity index (χ4v) is 5.05. The first kappa shape index (κ1) is 23.6. The van der Waals surface area contributed by atoms with E-state index in [1.165, 1.54) is 12.1 Å². The smallest absolute Gasteiger partial charge is 0.347 e. The number of nitrogens with one attached hydrogen (secondary N) is 2. The number of hydrogen-bond acceptors (Lipinski definition) is 3. The van der Waals surface area contributed by atoms with Crippen LogP contribution in [0.5, 0.6) is 0 Å². The molecule has 0 bridgehead atoms. The van der Waals surface area contributed by atoms with Gasteiger partial charge in [-0.25, -0.2) is 8.60 Å². The van der Waals surface area contributed by atoms with Crippen LogP contribution in [0.3, 0.4) is 0 Å². The number of alkyl halides is 3. The first-order valence-corrected chi connectivity index (χ1v) is 11.5. The van der Waals surface area contributed by atoms with E-state index in [1.807, 2.05) is 0 Å². The highest BCUT2D eigenvalue weighted by atomic mass is 35.5. The Bertz CT molecular complexity index is 1120. The molecule has 4 nitrogen and oxygen atoms in total. The van der Waals surface area contributed by atoms with Crippen molar-refractivity contribution < 1.29 is 26.6 Å². The average Bonchev–Trinajstić information content (AvgIpc) is 2.58. The number of carbonyl (C=O) groups is 1. The van der Waals surface area contributed by atoms with E-state index in [4.69, 9.17) is 28.0 Å². The van der Waals surface area contributed by atoms with Crippen molar-refractivity contribution in [1.82, 2.24) is 5.32 Å². The van der Waals surface area contributed by atoms with Crippen LogP contribution in [0, 0.1) is 10.6 Å². The van der Waals surface area contributed by atoms with Crippen molar-refractivity contribution in [3.8, 4) is 0 Å². The Morgan fingerprint density at radius 1 is 1.16 bits per heavy atom. The van der Waals surface area contributed by atoms with Gasteiger partial charge in [0.2, 0.25) is 0 Å². The Balaban J connectivity index is 1.79. The van der Waals surface area contributed by atoms with Crippen LogP contribution >= 0.6 is 23.2 Å². The second-order valence-electron chi connectivity index (χ2n) is 7.14. The van der Waals surface area contributed by atoms with Crippen molar-refractivity contribution in [3.63, 3.8) is 0 Å². The average molecular weight is 495 g/mol. The van der Waals surface area contributed by atoms with Crippen molar-refractivity contribution >= 4 is 44.9 Å². The summed E-state index contributed by atoms with van der Waals surface area (Å²) in [6.07, 6.45) is -2.68. The van der Waals surface area contributed by atoms with E-state index in [2.05, 4.69) is 5.32 Å². The molecule has 0 spiro atoms. The third-order valence-corrected chi connectivity index (χ3v) is 6.91. The van der Waals surface area contributed by atoms with Crippen LogP contribution in [0.2, 0.25) is 10.0 Å². The molecule has 166 valence electrons. The van der Waals surface area contributed by atoms with Crippen LogP contribution < -0.4 is 5.32 Å². The predicted octanol–water partition coefficient (Wildman–Crippen LogP) is 5.65. The Morgan fingerprint density at radius 3 is 2.29 bits per heavy atom. The molecule has 1 amide bonds. The minimum absolute atomic E-state index is 0.00747. The maximum atomic E-state index is 14.4. The van der Waals surface area contributed by atoms with E-state index in [0.29, 0.717) is 0 Å². The number of halogens is 6. The Kier molecular flexibility index (Phi) is 6.69. The van der Waals surface area contributed by atoms with Crippen LogP contribution in [0.4, 0.5) is 17.6 Å². The van der Waals surface area contributed by atoms with Gasteiger partial charge in [0.25, 0.3) is 5.91 Å². The highest BCUT2D eigenvalue weighted by Gasteiger charge is 2.39. The van der Waals surface area contributed by atoms with Crippen molar-refractivity contribution in [3.05, 3.63) is 75.0 Å². The molecule has 3 rings (SSSR count). The van der Waals surface area contributed by atoms with E-state index >= 15 is 0 Å². The quantitative estimate of drug-likeness (QED) is 0.527. The van der Waals surface area contributed by atoms with E-state index in [9.17, 15) is 26.6 Å². The standard InChI is InChI=1S/C20H16Cl2F4N2O2S/c21-13-6-12(7-14(22)8-13)17(20(24,25)26)4-2-11-1-3-16(18(23)5-11)19(29)28-15-9-31(27,30)10-15/h1-8,15,17,27H,9-10H2,(H,28,29)/b4-2+. The molecular formula is C20H16Cl2F4N2O2S. The van der Waals surface area contributed by atoms with E-state index in [1.54, 1.807) is 0 Å². The number of amides is 1. The fraction of sp³-hybridized carbons (Fsp3) is 0.250. The van der Waals surface area contributed by atoms with Gasteiger partial charge in [-0.2, -0.15) is 13.2 Å².